The van der Waals surface area contributed by atoms with E-state index < -0.39 is 16.1 Å². The van der Waals surface area contributed by atoms with Crippen molar-refractivity contribution in [3.05, 3.63) is 106 Å². The van der Waals surface area contributed by atoms with Crippen molar-refractivity contribution in [2.45, 2.75) is 110 Å². The van der Waals surface area contributed by atoms with E-state index in [1.54, 1.807) is 11.8 Å². The lowest BCUT2D eigenvalue weighted by atomic mass is 9.81. The van der Waals surface area contributed by atoms with Crippen molar-refractivity contribution in [1.29, 1.82) is 0 Å². The molecule has 0 bridgehead atoms. The highest BCUT2D eigenvalue weighted by Gasteiger charge is 2.44. The maximum Gasteiger partial charge on any atom is 0.303 e. The lowest BCUT2D eigenvalue weighted by Crippen LogP contribution is -2.28. The molecule has 1 aliphatic carbocycles. The first kappa shape index (κ1) is 39.8. The second-order valence-corrected chi connectivity index (χ2v) is 18.0. The summed E-state index contributed by atoms with van der Waals surface area (Å²) in [6.07, 6.45) is 17.5. The Balaban J connectivity index is 1.53. The minimum absolute atomic E-state index is 0.125. The van der Waals surface area contributed by atoms with Crippen molar-refractivity contribution in [1.82, 2.24) is 0 Å². The number of hydrogen-bond acceptors (Lipinski definition) is 5. The summed E-state index contributed by atoms with van der Waals surface area (Å²) in [4.78, 5) is 14.9. The number of allylic oxidation sites excluding steroid dienone is 7. The molecule has 0 saturated heterocycles. The van der Waals surface area contributed by atoms with Crippen molar-refractivity contribution in [3.8, 4) is 0 Å². The van der Waals surface area contributed by atoms with Crippen LogP contribution in [0.15, 0.2) is 94.6 Å². The number of unbranched alkanes of at least 4 members (excludes halogenated alkanes) is 3. The van der Waals surface area contributed by atoms with Gasteiger partial charge in [-0.3, -0.25) is 9.35 Å². The van der Waals surface area contributed by atoms with Crippen LogP contribution in [0.3, 0.4) is 0 Å². The smallest absolute Gasteiger partial charge is 0.303 e. The number of carbonyl (C=O) groups is 1. The molecule has 52 heavy (non-hydrogen) atoms. The molecule has 2 aromatic carbocycles. The minimum atomic E-state index is -4.00. The minimum Gasteiger partial charge on any atom is -0.481 e. The lowest BCUT2D eigenvalue weighted by Gasteiger charge is -2.27. The molecular weight excluding hydrogens is 689 g/mol. The third kappa shape index (κ3) is 9.20. The van der Waals surface area contributed by atoms with Crippen LogP contribution in [0.25, 0.3) is 0 Å². The van der Waals surface area contributed by atoms with Crippen molar-refractivity contribution < 1.29 is 27.4 Å². The number of anilines is 1. The fourth-order valence-electron chi connectivity index (χ4n) is 8.00. The maximum absolute atomic E-state index is 11.4. The number of aliphatic carboxylic acids is 1. The van der Waals surface area contributed by atoms with Crippen LogP contribution in [-0.2, 0) is 25.7 Å². The van der Waals surface area contributed by atoms with Gasteiger partial charge in [0.05, 0.1) is 11.2 Å². The molecule has 7 nitrogen and oxygen atoms in total. The monoisotopic (exact) mass is 745 g/mol. The van der Waals surface area contributed by atoms with Gasteiger partial charge >= 0.3 is 5.97 Å². The summed E-state index contributed by atoms with van der Waals surface area (Å²) < 4.78 is 34.6. The number of thioether (sulfide) groups is 1. The first-order valence-corrected chi connectivity index (χ1v) is 21.6. The molecule has 2 heterocycles. The number of hydrogen-bond donors (Lipinski definition) is 2. The van der Waals surface area contributed by atoms with Crippen LogP contribution in [0, 0.1) is 0 Å². The fourth-order valence-corrected chi connectivity index (χ4v) is 9.77. The molecule has 9 heteroatoms. The number of para-hydroxylation sites is 2. The van der Waals surface area contributed by atoms with E-state index in [1.165, 1.54) is 51.4 Å². The Kier molecular flexibility index (Phi) is 13.1. The summed E-state index contributed by atoms with van der Waals surface area (Å²) in [5, 5.41) is 9.35. The van der Waals surface area contributed by atoms with E-state index >= 15 is 0 Å². The van der Waals surface area contributed by atoms with E-state index in [0.717, 1.165) is 49.4 Å². The van der Waals surface area contributed by atoms with Crippen molar-refractivity contribution in [3.63, 3.8) is 0 Å². The lowest BCUT2D eigenvalue weighted by molar-refractivity contribution is -0.438. The molecule has 2 aromatic rings. The zero-order valence-corrected chi connectivity index (χ0v) is 33.3. The number of carboxylic acid groups (broad SMARTS) is 1. The highest BCUT2D eigenvalue weighted by Crippen LogP contribution is 2.48. The summed E-state index contributed by atoms with van der Waals surface area (Å²) >= 11 is 1.78. The summed E-state index contributed by atoms with van der Waals surface area (Å²) in [6.45, 7) is 13.0. The van der Waals surface area contributed by atoms with Gasteiger partial charge in [-0.05, 0) is 93.4 Å². The first-order chi connectivity index (χ1) is 24.8. The summed E-state index contributed by atoms with van der Waals surface area (Å²) in [6, 6.07) is 17.2. The Labute approximate surface area is 316 Å². The zero-order chi connectivity index (χ0) is 37.5. The van der Waals surface area contributed by atoms with E-state index in [1.807, 2.05) is 6.07 Å². The van der Waals surface area contributed by atoms with Gasteiger partial charge in [0.15, 0.2) is 5.71 Å². The first-order valence-electron chi connectivity index (χ1n) is 19.0. The Hall–Kier alpha value is -3.40. The van der Waals surface area contributed by atoms with E-state index in [-0.39, 0.29) is 23.0 Å². The van der Waals surface area contributed by atoms with E-state index in [0.29, 0.717) is 25.8 Å². The molecule has 2 aliphatic heterocycles. The number of benzene rings is 2. The second-order valence-electron chi connectivity index (χ2n) is 15.3. The molecular formula is C43H57N2O5S2+. The Morgan fingerprint density at radius 2 is 1.63 bits per heavy atom. The third-order valence-corrected chi connectivity index (χ3v) is 12.9. The fraction of sp³-hybridized carbons (Fsp3) is 0.488. The summed E-state index contributed by atoms with van der Waals surface area (Å²) in [5.41, 5.74) is 9.72. The van der Waals surface area contributed by atoms with Gasteiger partial charge in [0, 0.05) is 58.8 Å². The molecule has 0 unspecified atom stereocenters. The number of rotatable bonds is 17. The summed E-state index contributed by atoms with van der Waals surface area (Å²) in [5.74, 6) is -0.265. The van der Waals surface area contributed by atoms with Crippen LogP contribution in [0.1, 0.15) is 110 Å². The van der Waals surface area contributed by atoms with E-state index in [2.05, 4.69) is 111 Å². The topological polar surface area (TPSA) is 97.9 Å². The Morgan fingerprint density at radius 3 is 2.37 bits per heavy atom. The molecule has 0 atom stereocenters. The quantitative estimate of drug-likeness (QED) is 0.0945. The molecule has 0 amide bonds. The number of fused-ring (bicyclic) bond motifs is 2. The van der Waals surface area contributed by atoms with Crippen LogP contribution in [0.4, 0.5) is 11.4 Å². The van der Waals surface area contributed by atoms with Crippen molar-refractivity contribution in [2.75, 3.05) is 29.5 Å². The highest BCUT2D eigenvalue weighted by atomic mass is 32.2. The van der Waals surface area contributed by atoms with Crippen molar-refractivity contribution in [2.24, 2.45) is 0 Å². The van der Waals surface area contributed by atoms with Crippen LogP contribution in [0.5, 0.6) is 0 Å². The van der Waals surface area contributed by atoms with E-state index in [4.69, 9.17) is 0 Å². The predicted molar refractivity (Wildman–Crippen MR) is 217 cm³/mol. The van der Waals surface area contributed by atoms with Gasteiger partial charge < -0.3 is 10.0 Å². The Morgan fingerprint density at radius 1 is 0.904 bits per heavy atom. The molecule has 280 valence electrons. The molecule has 5 rings (SSSR count). The van der Waals surface area contributed by atoms with E-state index in [9.17, 15) is 22.9 Å². The zero-order valence-electron chi connectivity index (χ0n) is 31.7. The van der Waals surface area contributed by atoms with Gasteiger partial charge in [-0.15, -0.1) is 11.8 Å². The molecule has 2 N–H and O–H groups in total. The van der Waals surface area contributed by atoms with Gasteiger partial charge in [-0.25, -0.2) is 0 Å². The normalized spacial score (nSPS) is 19.7. The van der Waals surface area contributed by atoms with Gasteiger partial charge in [0.25, 0.3) is 10.1 Å². The third-order valence-electron chi connectivity index (χ3n) is 10.8. The average Bonchev–Trinajstić information content (AvgIpc) is 3.45. The second kappa shape index (κ2) is 17.2. The molecule has 0 radical (unpaired) electrons. The largest absolute Gasteiger partial charge is 0.481 e. The van der Waals surface area contributed by atoms with Crippen LogP contribution in [0.2, 0.25) is 0 Å². The van der Waals surface area contributed by atoms with Crippen LogP contribution in [-0.4, -0.2) is 58.9 Å². The number of carboxylic acids is 1. The van der Waals surface area contributed by atoms with Gasteiger partial charge in [-0.1, -0.05) is 75.7 Å². The summed E-state index contributed by atoms with van der Waals surface area (Å²) in [7, 11) is -4.00. The highest BCUT2D eigenvalue weighted by molar-refractivity contribution is 8.03. The predicted octanol–water partition coefficient (Wildman–Crippen LogP) is 10.1. The SMILES string of the molecule is CCCCC[N+]1=C(/C=C/C2=C(SCCCC(=O)O)C(=C/C=C3/N(CCCCS(=O)(=O)O)c4ccccc4C3(C)C)/CCC2)C(C)(C)c2ccccc21. The van der Waals surface area contributed by atoms with Gasteiger partial charge in [0.2, 0.25) is 5.69 Å². The number of nitrogens with zero attached hydrogens (tertiary/aromatic N) is 2. The average molecular weight is 746 g/mol. The van der Waals surface area contributed by atoms with Gasteiger partial charge in [0.1, 0.15) is 6.54 Å². The van der Waals surface area contributed by atoms with Crippen molar-refractivity contribution >= 4 is 44.9 Å². The molecule has 0 fully saturated rings. The molecule has 0 spiro atoms. The molecule has 0 saturated carbocycles. The standard InChI is InChI=1S/C43H56N2O5S2/c1-6-7-12-28-44-36-21-10-8-19-34(36)42(2,3)38(44)26-24-32-17-15-18-33(41(32)51-30-16-23-40(46)47)25-27-39-43(4,5)35-20-9-11-22-37(35)45(39)29-13-14-31-52(48,49)50/h8-11,19-22,24-27H,6-7,12-18,23,28-31H2,1-5H3,(H-,46,47,48,49,50)/p+1. The van der Waals surface area contributed by atoms with Crippen LogP contribution < -0.4 is 4.90 Å². The van der Waals surface area contributed by atoms with Crippen LogP contribution >= 0.6 is 11.8 Å². The van der Waals surface area contributed by atoms with Gasteiger partial charge in [-0.2, -0.15) is 13.0 Å². The maximum atomic E-state index is 11.4. The Bertz CT molecular complexity index is 1900. The molecule has 3 aliphatic rings. The molecule has 0 aromatic heterocycles.